The van der Waals surface area contributed by atoms with Crippen molar-refractivity contribution in [2.45, 2.75) is 70.1 Å². The summed E-state index contributed by atoms with van der Waals surface area (Å²) in [5.41, 5.74) is 6.96. The number of nitrogens with two attached hydrogens (primary N) is 1. The van der Waals surface area contributed by atoms with Crippen LogP contribution in [0, 0.1) is 11.8 Å². The third-order valence-electron chi connectivity index (χ3n) is 5.53. The number of nitrogen functional groups attached to an aromatic ring is 1. The van der Waals surface area contributed by atoms with Gasteiger partial charge in [0.25, 0.3) is 0 Å². The quantitative estimate of drug-likeness (QED) is 0.659. The Morgan fingerprint density at radius 3 is 2.64 bits per heavy atom. The summed E-state index contributed by atoms with van der Waals surface area (Å²) in [5.74, 6) is 2.68. The van der Waals surface area contributed by atoms with Crippen LogP contribution in [0.5, 0.6) is 0 Å². The van der Waals surface area contributed by atoms with E-state index in [1.807, 2.05) is 20.8 Å². The van der Waals surface area contributed by atoms with Gasteiger partial charge in [0.05, 0.1) is 30.1 Å². The number of carbonyl (C=O) groups is 1. The van der Waals surface area contributed by atoms with Crippen molar-refractivity contribution in [3.8, 4) is 11.8 Å². The molecule has 9 nitrogen and oxygen atoms in total. The molecule has 0 saturated carbocycles. The minimum Gasteiger partial charge on any atom is -0.383 e. The van der Waals surface area contributed by atoms with Gasteiger partial charge in [0.2, 0.25) is 0 Å². The van der Waals surface area contributed by atoms with E-state index in [0.717, 1.165) is 6.42 Å². The Hall–Kier alpha value is -2.88. The molecule has 0 aromatic carbocycles. The molecule has 2 aliphatic heterocycles. The minimum atomic E-state index is -4.97. The number of halogens is 3. The summed E-state index contributed by atoms with van der Waals surface area (Å²) in [6.45, 7) is 5.63. The summed E-state index contributed by atoms with van der Waals surface area (Å²) in [6.07, 6.45) is -2.08. The summed E-state index contributed by atoms with van der Waals surface area (Å²) < 4.78 is 57.1. The van der Waals surface area contributed by atoms with Gasteiger partial charge in [-0.05, 0) is 20.3 Å². The topological polar surface area (TPSA) is 114 Å². The van der Waals surface area contributed by atoms with Crippen molar-refractivity contribution in [3.63, 3.8) is 0 Å². The average Bonchev–Trinajstić information content (AvgIpc) is 3.34. The fraction of sp³-hybridized carbons (Fsp3) is 0.571. The molecule has 4 atom stereocenters. The molecular weight excluding hydrogens is 443 g/mol. The molecule has 2 aromatic rings. The number of carbonyl (C=O) groups excluding carboxylic acids is 1. The SMILES string of the molecule is CC[C@H]1O[C@@H](Cn2cc(C#CCNC(=O)C(F)(F)F)c3c(N)ncnc32)[C@H]2OC(C)(C)OC12. The lowest BCUT2D eigenvalue weighted by molar-refractivity contribution is -0.188. The van der Waals surface area contributed by atoms with Crippen LogP contribution in [-0.2, 0) is 25.5 Å². The standard InChI is InChI=1S/C21H24F3N5O4/c1-4-12-15-16(33-20(2,3)32-15)13(31-12)9-29-8-11(14-17(25)27-10-28-18(14)29)6-5-7-26-19(30)21(22,23)24/h8,10,12-13,15-16H,4,7,9H2,1-3H3,(H,26,30)(H2,25,27,28)/t12-,13+,15?,16-/m1/s1. The maximum atomic E-state index is 12.3. The molecule has 178 valence electrons. The highest BCUT2D eigenvalue weighted by molar-refractivity contribution is 5.92. The van der Waals surface area contributed by atoms with Crippen LogP contribution < -0.4 is 11.1 Å². The molecule has 0 aliphatic carbocycles. The normalized spacial score (nSPS) is 26.1. The summed E-state index contributed by atoms with van der Waals surface area (Å²) in [7, 11) is 0. The van der Waals surface area contributed by atoms with E-state index >= 15 is 0 Å². The molecule has 4 rings (SSSR count). The van der Waals surface area contributed by atoms with E-state index in [4.69, 9.17) is 19.9 Å². The first-order valence-corrected chi connectivity index (χ1v) is 10.4. The van der Waals surface area contributed by atoms with Gasteiger partial charge in [0.15, 0.2) is 5.79 Å². The van der Waals surface area contributed by atoms with Crippen LogP contribution in [0.4, 0.5) is 19.0 Å². The maximum Gasteiger partial charge on any atom is 0.471 e. The van der Waals surface area contributed by atoms with Crippen molar-refractivity contribution in [2.75, 3.05) is 12.3 Å². The molecule has 0 radical (unpaired) electrons. The zero-order valence-corrected chi connectivity index (χ0v) is 18.3. The predicted molar refractivity (Wildman–Crippen MR) is 111 cm³/mol. The first-order valence-electron chi connectivity index (χ1n) is 10.4. The minimum absolute atomic E-state index is 0.111. The number of rotatable bonds is 4. The van der Waals surface area contributed by atoms with Crippen molar-refractivity contribution in [3.05, 3.63) is 18.1 Å². The van der Waals surface area contributed by atoms with Gasteiger partial charge in [0, 0.05) is 6.20 Å². The fourth-order valence-corrected chi connectivity index (χ4v) is 4.19. The first-order chi connectivity index (χ1) is 15.5. The number of hydrogen-bond acceptors (Lipinski definition) is 7. The smallest absolute Gasteiger partial charge is 0.383 e. The van der Waals surface area contributed by atoms with Gasteiger partial charge in [0.1, 0.15) is 36.1 Å². The van der Waals surface area contributed by atoms with Gasteiger partial charge in [-0.25, -0.2) is 9.97 Å². The molecule has 2 saturated heterocycles. The molecule has 0 spiro atoms. The van der Waals surface area contributed by atoms with Crippen molar-refractivity contribution >= 4 is 22.8 Å². The molecular formula is C21H24F3N5O4. The molecule has 1 amide bonds. The van der Waals surface area contributed by atoms with Gasteiger partial charge in [-0.1, -0.05) is 18.8 Å². The Morgan fingerprint density at radius 1 is 1.27 bits per heavy atom. The lowest BCUT2D eigenvalue weighted by Crippen LogP contribution is -2.36. The second-order valence-corrected chi connectivity index (χ2v) is 8.32. The molecule has 2 fully saturated rings. The highest BCUT2D eigenvalue weighted by Gasteiger charge is 2.54. The average molecular weight is 467 g/mol. The molecule has 33 heavy (non-hydrogen) atoms. The van der Waals surface area contributed by atoms with E-state index in [9.17, 15) is 18.0 Å². The summed E-state index contributed by atoms with van der Waals surface area (Å²) >= 11 is 0. The third kappa shape index (κ3) is 4.62. The van der Waals surface area contributed by atoms with Crippen LogP contribution in [0.1, 0.15) is 32.8 Å². The van der Waals surface area contributed by atoms with Crippen LogP contribution in [0.2, 0.25) is 0 Å². The Labute approximate surface area is 187 Å². The van der Waals surface area contributed by atoms with E-state index in [1.165, 1.54) is 6.33 Å². The van der Waals surface area contributed by atoms with Gasteiger partial charge in [-0.2, -0.15) is 13.2 Å². The largest absolute Gasteiger partial charge is 0.471 e. The number of hydrogen-bond donors (Lipinski definition) is 2. The maximum absolute atomic E-state index is 12.3. The molecule has 4 heterocycles. The fourth-order valence-electron chi connectivity index (χ4n) is 4.19. The number of nitrogens with zero attached hydrogens (tertiary/aromatic N) is 3. The monoisotopic (exact) mass is 467 g/mol. The highest BCUT2D eigenvalue weighted by atomic mass is 19.4. The number of anilines is 1. The Morgan fingerprint density at radius 2 is 1.97 bits per heavy atom. The van der Waals surface area contributed by atoms with Crippen molar-refractivity contribution in [1.29, 1.82) is 0 Å². The highest BCUT2D eigenvalue weighted by Crippen LogP contribution is 2.40. The van der Waals surface area contributed by atoms with Crippen LogP contribution >= 0.6 is 0 Å². The molecule has 1 unspecified atom stereocenters. The number of alkyl halides is 3. The van der Waals surface area contributed by atoms with Crippen molar-refractivity contribution in [1.82, 2.24) is 19.9 Å². The number of aromatic nitrogens is 3. The summed E-state index contributed by atoms with van der Waals surface area (Å²) in [5, 5.41) is 2.18. The molecule has 0 bridgehead atoms. The Balaban J connectivity index is 1.58. The zero-order chi connectivity index (χ0) is 24.0. The lowest BCUT2D eigenvalue weighted by Gasteiger charge is -2.24. The number of amides is 1. The first kappa shape index (κ1) is 23.3. The summed E-state index contributed by atoms with van der Waals surface area (Å²) in [6, 6.07) is 0. The van der Waals surface area contributed by atoms with Crippen LogP contribution in [-0.4, -0.2) is 63.4 Å². The van der Waals surface area contributed by atoms with Gasteiger partial charge in [-0.15, -0.1) is 0 Å². The lowest BCUT2D eigenvalue weighted by atomic mass is 10.1. The van der Waals surface area contributed by atoms with Gasteiger partial charge in [-0.3, -0.25) is 4.79 Å². The molecule has 3 N–H and O–H groups in total. The van der Waals surface area contributed by atoms with Crippen molar-refractivity contribution in [2.24, 2.45) is 0 Å². The van der Waals surface area contributed by atoms with Crippen LogP contribution in [0.3, 0.4) is 0 Å². The van der Waals surface area contributed by atoms with E-state index < -0.39 is 24.4 Å². The van der Waals surface area contributed by atoms with Gasteiger partial charge < -0.3 is 29.8 Å². The Bertz CT molecular complexity index is 1120. The third-order valence-corrected chi connectivity index (χ3v) is 5.53. The predicted octanol–water partition coefficient (Wildman–Crippen LogP) is 1.74. The summed E-state index contributed by atoms with van der Waals surface area (Å²) in [4.78, 5) is 19.2. The van der Waals surface area contributed by atoms with E-state index in [2.05, 4.69) is 21.8 Å². The number of nitrogens with one attached hydrogen (secondary N) is 1. The van der Waals surface area contributed by atoms with Crippen LogP contribution in [0.15, 0.2) is 12.5 Å². The second-order valence-electron chi connectivity index (χ2n) is 8.32. The second kappa shape index (κ2) is 8.48. The van der Waals surface area contributed by atoms with Crippen molar-refractivity contribution < 1.29 is 32.2 Å². The number of fused-ring (bicyclic) bond motifs is 2. The molecule has 12 heteroatoms. The Kier molecular flexibility index (Phi) is 5.98. The van der Waals surface area contributed by atoms with E-state index in [0.29, 0.717) is 23.1 Å². The van der Waals surface area contributed by atoms with E-state index in [-0.39, 0.29) is 30.2 Å². The van der Waals surface area contributed by atoms with Crippen LogP contribution in [0.25, 0.3) is 11.0 Å². The zero-order valence-electron chi connectivity index (χ0n) is 18.3. The number of ether oxygens (including phenoxy) is 3. The molecule has 2 aromatic heterocycles. The molecule has 2 aliphatic rings. The van der Waals surface area contributed by atoms with Gasteiger partial charge >= 0.3 is 12.1 Å². The van der Waals surface area contributed by atoms with E-state index in [1.54, 1.807) is 16.1 Å².